The van der Waals surface area contributed by atoms with Gasteiger partial charge in [0.2, 0.25) is 0 Å². The van der Waals surface area contributed by atoms with Gasteiger partial charge >= 0.3 is 182 Å². The third kappa shape index (κ3) is 4.11. The normalized spacial score (nSPS) is 20.6. The molecule has 0 spiro atoms. The average molecular weight is 573 g/mol. The van der Waals surface area contributed by atoms with Crippen LogP contribution in [0, 0.1) is 17.6 Å². The number of benzene rings is 2. The predicted molar refractivity (Wildman–Crippen MR) is 138 cm³/mol. The number of halogens is 4. The van der Waals surface area contributed by atoms with Crippen LogP contribution in [-0.2, 0) is 17.4 Å². The molecule has 0 saturated carbocycles. The third-order valence-corrected chi connectivity index (χ3v) is 24.9. The smallest absolute Gasteiger partial charge is 0.147 e. The van der Waals surface area contributed by atoms with Crippen molar-refractivity contribution in [2.45, 2.75) is 40.6 Å². The summed E-state index contributed by atoms with van der Waals surface area (Å²) in [6, 6.07) is 12.3. The Bertz CT molecular complexity index is 1250. The molecule has 0 amide bonds. The number of allylic oxidation sites excluding steroid dienone is 5. The molecule has 2 aromatic rings. The number of hydrogen-bond acceptors (Lipinski definition) is 0. The SMILES string of the molecule is CC1=C(C)C(C)[C]([Zr]([CH3])([CH3])(=[SiH2])[CH]2C=C(c3ccc(F)cc3F)c3ccccc32)=C1C.Cl.Cl. The van der Waals surface area contributed by atoms with Gasteiger partial charge in [-0.15, -0.1) is 24.8 Å². The quantitative estimate of drug-likeness (QED) is 0.328. The Labute approximate surface area is 205 Å². The van der Waals surface area contributed by atoms with Crippen LogP contribution in [0.5, 0.6) is 0 Å². The largest absolute Gasteiger partial charge is 0.147 e. The molecule has 0 aromatic heterocycles. The van der Waals surface area contributed by atoms with Gasteiger partial charge in [-0.05, 0) is 0 Å². The van der Waals surface area contributed by atoms with Crippen LogP contribution in [0.3, 0.4) is 0 Å². The van der Waals surface area contributed by atoms with E-state index in [0.29, 0.717) is 15.1 Å². The zero-order valence-corrected chi connectivity index (χ0v) is 25.1. The standard InChI is InChI=1S/C15H9F2.C9H13.2CH3.2ClH.H2Si.Zr/c16-11-6-8-14(15(17)9-11)13-7-5-10-3-1-2-4-12(10)13;1-6-5-7(2)9(4)8(6)3;;;;;;/h1-9H;6H,1-4H3;2*1H3;2*1H;1H2;. The zero-order valence-electron chi connectivity index (χ0n) is 19.6. The molecule has 32 heavy (non-hydrogen) atoms. The number of rotatable bonds is 3. The molecule has 0 N–H and O–H groups in total. The van der Waals surface area contributed by atoms with Crippen LogP contribution >= 0.6 is 24.8 Å². The fraction of sp³-hybridized carbons (Fsp3) is 0.308. The summed E-state index contributed by atoms with van der Waals surface area (Å²) in [4.78, 5) is 0. The van der Waals surface area contributed by atoms with Gasteiger partial charge in [-0.3, -0.25) is 0 Å². The molecule has 0 saturated heterocycles. The van der Waals surface area contributed by atoms with Gasteiger partial charge in [0.1, 0.15) is 0 Å². The summed E-state index contributed by atoms with van der Waals surface area (Å²) in [5.74, 6) is -0.559. The van der Waals surface area contributed by atoms with Gasteiger partial charge in [-0.1, -0.05) is 0 Å². The van der Waals surface area contributed by atoms with Crippen molar-refractivity contribution in [1.29, 1.82) is 0 Å². The molecular formula is C26H32Cl2F2SiZr. The van der Waals surface area contributed by atoms with Crippen LogP contribution in [0.25, 0.3) is 5.57 Å². The van der Waals surface area contributed by atoms with E-state index >= 15 is 0 Å². The van der Waals surface area contributed by atoms with Crippen molar-refractivity contribution in [3.05, 3.63) is 96.9 Å². The van der Waals surface area contributed by atoms with Gasteiger partial charge in [0.25, 0.3) is 0 Å². The maximum Gasteiger partial charge on any atom is -0.147 e. The minimum Gasteiger partial charge on any atom is -0.147 e. The van der Waals surface area contributed by atoms with E-state index in [1.807, 2.05) is 6.07 Å². The number of fused-ring (bicyclic) bond motifs is 1. The molecule has 0 radical (unpaired) electrons. The summed E-state index contributed by atoms with van der Waals surface area (Å²) in [6.45, 7) is 11.4. The molecule has 2 aliphatic rings. The van der Waals surface area contributed by atoms with E-state index in [1.54, 1.807) is 9.35 Å². The Morgan fingerprint density at radius 2 is 1.50 bits per heavy atom. The molecule has 0 nitrogen and oxygen atoms in total. The predicted octanol–water partition coefficient (Wildman–Crippen LogP) is 7.89. The van der Waals surface area contributed by atoms with Gasteiger partial charge in [-0.2, -0.15) is 0 Å². The van der Waals surface area contributed by atoms with E-state index < -0.39 is 29.0 Å². The van der Waals surface area contributed by atoms with Crippen LogP contribution in [-0.4, -0.2) is 6.88 Å². The molecule has 6 heteroatoms. The average Bonchev–Trinajstić information content (AvgIpc) is 3.15. The van der Waals surface area contributed by atoms with Crippen molar-refractivity contribution in [2.75, 3.05) is 0 Å². The van der Waals surface area contributed by atoms with Gasteiger partial charge in [0, 0.05) is 0 Å². The Hall–Kier alpha value is -0.800. The molecule has 0 heterocycles. The second-order valence-electron chi connectivity index (χ2n) is 10.1. The first-order valence-corrected chi connectivity index (χ1v) is 24.1. The molecule has 4 rings (SSSR count). The first-order chi connectivity index (χ1) is 13.9. The zero-order chi connectivity index (χ0) is 22.0. The van der Waals surface area contributed by atoms with Gasteiger partial charge in [0.05, 0.1) is 0 Å². The summed E-state index contributed by atoms with van der Waals surface area (Å²) in [5, 5.41) is 0. The van der Waals surface area contributed by atoms with Crippen molar-refractivity contribution >= 4 is 37.3 Å². The van der Waals surface area contributed by atoms with Crippen molar-refractivity contribution in [1.82, 2.24) is 0 Å². The van der Waals surface area contributed by atoms with E-state index in [1.165, 1.54) is 28.3 Å². The molecular weight excluding hydrogens is 540 g/mol. The van der Waals surface area contributed by atoms with Crippen molar-refractivity contribution in [2.24, 2.45) is 5.92 Å². The monoisotopic (exact) mass is 570 g/mol. The van der Waals surface area contributed by atoms with E-state index in [4.69, 9.17) is 0 Å². The van der Waals surface area contributed by atoms with E-state index in [9.17, 15) is 8.78 Å². The molecule has 0 fully saturated rings. The first kappa shape index (κ1) is 27.4. The van der Waals surface area contributed by atoms with Crippen LogP contribution in [0.15, 0.2) is 68.5 Å². The van der Waals surface area contributed by atoms with E-state index in [2.05, 4.69) is 68.1 Å². The van der Waals surface area contributed by atoms with Gasteiger partial charge < -0.3 is 0 Å². The topological polar surface area (TPSA) is 0 Å². The molecule has 2 aromatic carbocycles. The van der Waals surface area contributed by atoms with Crippen molar-refractivity contribution < 1.29 is 26.2 Å². The Kier molecular flexibility index (Phi) is 7.80. The molecule has 0 aliphatic heterocycles. The van der Waals surface area contributed by atoms with Crippen LogP contribution < -0.4 is 0 Å². The maximum absolute atomic E-state index is 14.8. The fourth-order valence-electron chi connectivity index (χ4n) is 5.93. The summed E-state index contributed by atoms with van der Waals surface area (Å²) in [7, 11) is 0. The minimum absolute atomic E-state index is 0. The van der Waals surface area contributed by atoms with Crippen molar-refractivity contribution in [3.8, 4) is 0 Å². The fourth-order valence-corrected chi connectivity index (χ4v) is 24.4. The second-order valence-corrected chi connectivity index (χ2v) is 39.7. The summed E-state index contributed by atoms with van der Waals surface area (Å²) < 4.78 is 35.4. The van der Waals surface area contributed by atoms with E-state index in [-0.39, 0.29) is 24.8 Å². The second kappa shape index (κ2) is 9.10. The van der Waals surface area contributed by atoms with Crippen LogP contribution in [0.2, 0.25) is 9.26 Å². The first-order valence-electron chi connectivity index (χ1n) is 10.7. The van der Waals surface area contributed by atoms with Crippen LogP contribution in [0.1, 0.15) is 48.0 Å². The molecule has 172 valence electrons. The molecule has 2 atom stereocenters. The minimum atomic E-state index is -3.52. The molecule has 0 bridgehead atoms. The summed E-state index contributed by atoms with van der Waals surface area (Å²) >= 11 is -3.52. The molecule has 2 unspecified atom stereocenters. The summed E-state index contributed by atoms with van der Waals surface area (Å²) in [5.41, 5.74) is 8.19. The van der Waals surface area contributed by atoms with Gasteiger partial charge in [0.15, 0.2) is 0 Å². The maximum atomic E-state index is 14.8. The third-order valence-electron chi connectivity index (χ3n) is 7.66. The van der Waals surface area contributed by atoms with Crippen LogP contribution in [0.4, 0.5) is 8.78 Å². The Morgan fingerprint density at radius 1 is 0.875 bits per heavy atom. The van der Waals surface area contributed by atoms with E-state index in [0.717, 1.165) is 17.2 Å². The van der Waals surface area contributed by atoms with Gasteiger partial charge in [-0.25, -0.2) is 0 Å². The van der Waals surface area contributed by atoms with Crippen molar-refractivity contribution in [3.63, 3.8) is 0 Å². The number of hydrogen-bond donors (Lipinski definition) is 0. The molecule has 2 aliphatic carbocycles. The Morgan fingerprint density at radius 3 is 2.06 bits per heavy atom. The Balaban J connectivity index is 0.00000181. The summed E-state index contributed by atoms with van der Waals surface area (Å²) in [6.07, 6.45) is 2.30.